The van der Waals surface area contributed by atoms with Gasteiger partial charge in [0.2, 0.25) is 0 Å². The third kappa shape index (κ3) is 3.83. The maximum absolute atomic E-state index is 10.8. The predicted molar refractivity (Wildman–Crippen MR) is 78.3 cm³/mol. The van der Waals surface area contributed by atoms with Gasteiger partial charge >= 0.3 is 0 Å². The lowest BCUT2D eigenvalue weighted by Gasteiger charge is -2.10. The first-order valence-corrected chi connectivity index (χ1v) is 6.55. The van der Waals surface area contributed by atoms with Gasteiger partial charge in [0.25, 0.3) is 0 Å². The normalized spacial score (nSPS) is 10.3. The topological polar surface area (TPSA) is 35.5 Å². The highest BCUT2D eigenvalue weighted by Gasteiger charge is 2.05. The number of halogens is 1. The van der Waals surface area contributed by atoms with Gasteiger partial charge in [0.05, 0.1) is 20.3 Å². The van der Waals surface area contributed by atoms with Gasteiger partial charge in [-0.3, -0.25) is 4.79 Å². The molecule has 4 heteroatoms. The van der Waals surface area contributed by atoms with Crippen molar-refractivity contribution in [1.82, 2.24) is 0 Å². The van der Waals surface area contributed by atoms with E-state index in [1.165, 1.54) is 0 Å². The molecule has 3 nitrogen and oxygen atoms in total. The van der Waals surface area contributed by atoms with Crippen LogP contribution in [0.1, 0.15) is 21.5 Å². The summed E-state index contributed by atoms with van der Waals surface area (Å²) < 4.78 is 10.9. The van der Waals surface area contributed by atoms with Crippen molar-refractivity contribution in [3.63, 3.8) is 0 Å². The first kappa shape index (κ1) is 14.6. The molecule has 0 heterocycles. The summed E-state index contributed by atoms with van der Waals surface area (Å²) in [6.07, 6.45) is 0.805. The highest BCUT2D eigenvalue weighted by atomic mass is 35.5. The van der Waals surface area contributed by atoms with Gasteiger partial charge in [0.15, 0.2) is 0 Å². The van der Waals surface area contributed by atoms with Crippen LogP contribution in [0, 0.1) is 0 Å². The standard InChI is InChI=1S/C16H15ClO3/c1-19-16-6-5-12(9-18)7-14(16)11-20-10-13-3-2-4-15(17)8-13/h2-9H,10-11H2,1H3. The second kappa shape index (κ2) is 7.08. The second-order valence-corrected chi connectivity index (χ2v) is 4.75. The summed E-state index contributed by atoms with van der Waals surface area (Å²) in [6, 6.07) is 12.8. The van der Waals surface area contributed by atoms with E-state index in [0.29, 0.717) is 29.5 Å². The van der Waals surface area contributed by atoms with Crippen LogP contribution >= 0.6 is 11.6 Å². The van der Waals surface area contributed by atoms with Crippen LogP contribution < -0.4 is 4.74 Å². The van der Waals surface area contributed by atoms with Crippen LogP contribution in [-0.4, -0.2) is 13.4 Å². The maximum Gasteiger partial charge on any atom is 0.150 e. The fraction of sp³-hybridized carbons (Fsp3) is 0.188. The van der Waals surface area contributed by atoms with E-state index >= 15 is 0 Å². The van der Waals surface area contributed by atoms with E-state index in [2.05, 4.69) is 0 Å². The molecule has 0 atom stereocenters. The van der Waals surface area contributed by atoms with Crippen molar-refractivity contribution in [3.05, 3.63) is 64.2 Å². The van der Waals surface area contributed by atoms with Crippen molar-refractivity contribution >= 4 is 17.9 Å². The zero-order chi connectivity index (χ0) is 14.4. The number of hydrogen-bond donors (Lipinski definition) is 0. The van der Waals surface area contributed by atoms with Crippen LogP contribution in [0.15, 0.2) is 42.5 Å². The minimum atomic E-state index is 0.372. The van der Waals surface area contributed by atoms with E-state index < -0.39 is 0 Å². The summed E-state index contributed by atoms with van der Waals surface area (Å²) in [6.45, 7) is 0.826. The fourth-order valence-electron chi connectivity index (χ4n) is 1.89. The van der Waals surface area contributed by atoms with Gasteiger partial charge in [0, 0.05) is 16.1 Å². The van der Waals surface area contributed by atoms with Crippen LogP contribution in [0.3, 0.4) is 0 Å². The van der Waals surface area contributed by atoms with E-state index in [-0.39, 0.29) is 0 Å². The Kier molecular flexibility index (Phi) is 5.16. The molecule has 104 valence electrons. The molecule has 0 aliphatic carbocycles. The van der Waals surface area contributed by atoms with Crippen LogP contribution in [0.2, 0.25) is 5.02 Å². The Labute approximate surface area is 123 Å². The molecule has 0 fully saturated rings. The van der Waals surface area contributed by atoms with Crippen molar-refractivity contribution < 1.29 is 14.3 Å². The molecule has 0 saturated carbocycles. The Morgan fingerprint density at radius 1 is 1.15 bits per heavy atom. The second-order valence-electron chi connectivity index (χ2n) is 4.31. The predicted octanol–water partition coefficient (Wildman–Crippen LogP) is 3.88. The molecular formula is C16H15ClO3. The first-order chi connectivity index (χ1) is 9.72. The molecule has 0 aromatic heterocycles. The molecule has 0 bridgehead atoms. The van der Waals surface area contributed by atoms with Gasteiger partial charge in [-0.15, -0.1) is 0 Å². The van der Waals surface area contributed by atoms with E-state index in [0.717, 1.165) is 17.4 Å². The molecule has 2 aromatic carbocycles. The lowest BCUT2D eigenvalue weighted by molar-refractivity contribution is 0.105. The lowest BCUT2D eigenvalue weighted by atomic mass is 10.1. The molecular weight excluding hydrogens is 276 g/mol. The maximum atomic E-state index is 10.8. The Hall–Kier alpha value is -1.84. The molecule has 0 saturated heterocycles. The minimum absolute atomic E-state index is 0.372. The number of ether oxygens (including phenoxy) is 2. The monoisotopic (exact) mass is 290 g/mol. The minimum Gasteiger partial charge on any atom is -0.496 e. The molecule has 0 N–H and O–H groups in total. The Morgan fingerprint density at radius 2 is 2.00 bits per heavy atom. The van der Waals surface area contributed by atoms with Crippen molar-refractivity contribution in [3.8, 4) is 5.75 Å². The van der Waals surface area contributed by atoms with Gasteiger partial charge in [0.1, 0.15) is 12.0 Å². The highest BCUT2D eigenvalue weighted by Crippen LogP contribution is 2.21. The zero-order valence-electron chi connectivity index (χ0n) is 11.1. The van der Waals surface area contributed by atoms with Crippen molar-refractivity contribution in [2.75, 3.05) is 7.11 Å². The Morgan fingerprint density at radius 3 is 2.70 bits per heavy atom. The highest BCUT2D eigenvalue weighted by molar-refractivity contribution is 6.30. The Bertz CT molecular complexity index is 596. The number of methoxy groups -OCH3 is 1. The molecule has 0 unspecified atom stereocenters. The average molecular weight is 291 g/mol. The van der Waals surface area contributed by atoms with Crippen LogP contribution in [-0.2, 0) is 18.0 Å². The number of hydrogen-bond acceptors (Lipinski definition) is 3. The van der Waals surface area contributed by atoms with Crippen molar-refractivity contribution in [1.29, 1.82) is 0 Å². The number of aldehydes is 1. The summed E-state index contributed by atoms with van der Waals surface area (Å²) in [4.78, 5) is 10.8. The summed E-state index contributed by atoms with van der Waals surface area (Å²) in [5.74, 6) is 0.710. The molecule has 0 aliphatic heterocycles. The van der Waals surface area contributed by atoms with Gasteiger partial charge in [-0.1, -0.05) is 23.7 Å². The molecule has 2 rings (SSSR count). The van der Waals surface area contributed by atoms with Crippen LogP contribution in [0.5, 0.6) is 5.75 Å². The van der Waals surface area contributed by atoms with Crippen LogP contribution in [0.4, 0.5) is 0 Å². The molecule has 0 radical (unpaired) electrons. The quantitative estimate of drug-likeness (QED) is 0.758. The number of carbonyl (C=O) groups excluding carboxylic acids is 1. The lowest BCUT2D eigenvalue weighted by Crippen LogP contribution is -1.98. The van der Waals surface area contributed by atoms with Gasteiger partial charge in [-0.05, 0) is 35.9 Å². The van der Waals surface area contributed by atoms with E-state index in [9.17, 15) is 4.79 Å². The largest absolute Gasteiger partial charge is 0.496 e. The van der Waals surface area contributed by atoms with Crippen molar-refractivity contribution in [2.24, 2.45) is 0 Å². The third-order valence-electron chi connectivity index (χ3n) is 2.86. The molecule has 0 spiro atoms. The summed E-state index contributed by atoms with van der Waals surface area (Å²) >= 11 is 5.91. The average Bonchev–Trinajstić information content (AvgIpc) is 2.47. The zero-order valence-corrected chi connectivity index (χ0v) is 11.9. The third-order valence-corrected chi connectivity index (χ3v) is 3.09. The first-order valence-electron chi connectivity index (χ1n) is 6.17. The smallest absolute Gasteiger partial charge is 0.150 e. The van der Waals surface area contributed by atoms with E-state index in [1.54, 1.807) is 25.3 Å². The number of carbonyl (C=O) groups is 1. The summed E-state index contributed by atoms with van der Waals surface area (Å²) in [7, 11) is 1.59. The molecule has 0 aliphatic rings. The summed E-state index contributed by atoms with van der Waals surface area (Å²) in [5, 5.41) is 0.687. The van der Waals surface area contributed by atoms with E-state index in [4.69, 9.17) is 21.1 Å². The molecule has 20 heavy (non-hydrogen) atoms. The number of benzene rings is 2. The summed E-state index contributed by atoms with van der Waals surface area (Å²) in [5.41, 5.74) is 2.45. The van der Waals surface area contributed by atoms with E-state index in [1.807, 2.05) is 24.3 Å². The SMILES string of the molecule is COc1ccc(C=O)cc1COCc1cccc(Cl)c1. The number of rotatable bonds is 6. The van der Waals surface area contributed by atoms with Gasteiger partial charge in [-0.2, -0.15) is 0 Å². The van der Waals surface area contributed by atoms with Crippen molar-refractivity contribution in [2.45, 2.75) is 13.2 Å². The van der Waals surface area contributed by atoms with Gasteiger partial charge in [-0.25, -0.2) is 0 Å². The molecule has 0 amide bonds. The Balaban J connectivity index is 2.01. The van der Waals surface area contributed by atoms with Crippen LogP contribution in [0.25, 0.3) is 0 Å². The molecule has 2 aromatic rings. The van der Waals surface area contributed by atoms with Gasteiger partial charge < -0.3 is 9.47 Å². The fourth-order valence-corrected chi connectivity index (χ4v) is 2.10.